The van der Waals surface area contributed by atoms with Gasteiger partial charge >= 0.3 is 5.95 Å². The summed E-state index contributed by atoms with van der Waals surface area (Å²) in [4.78, 5) is 5.09. The van der Waals surface area contributed by atoms with Crippen LogP contribution < -0.4 is 14.4 Å². The Morgan fingerprint density at radius 1 is 0.811 bits per heavy atom. The molecule has 0 saturated carbocycles. The Kier molecular flexibility index (Phi) is 6.21. The Hall–Kier alpha value is -3.47. The molecule has 1 aliphatic heterocycles. The van der Waals surface area contributed by atoms with Gasteiger partial charge in [-0.25, -0.2) is 14.0 Å². The fourth-order valence-corrected chi connectivity index (χ4v) is 6.37. The first-order chi connectivity index (χ1) is 17.6. The van der Waals surface area contributed by atoms with Gasteiger partial charge in [0.15, 0.2) is 6.17 Å². The molecule has 0 unspecified atom stereocenters. The van der Waals surface area contributed by atoms with Crippen LogP contribution in [0.25, 0.3) is 5.69 Å². The lowest BCUT2D eigenvalue weighted by molar-refractivity contribution is -0.657. The maximum atomic E-state index is 2.58. The molecular formula is C32H42N5+. The van der Waals surface area contributed by atoms with Crippen molar-refractivity contribution in [3.63, 3.8) is 0 Å². The van der Waals surface area contributed by atoms with Crippen LogP contribution in [0.1, 0.15) is 77.1 Å². The molecular weight excluding hydrogens is 454 g/mol. The zero-order valence-corrected chi connectivity index (χ0v) is 23.9. The van der Waals surface area contributed by atoms with Gasteiger partial charge in [0, 0.05) is 18.9 Å². The van der Waals surface area contributed by atoms with Crippen molar-refractivity contribution < 1.29 is 4.57 Å². The first-order valence-corrected chi connectivity index (χ1v) is 13.5. The summed E-state index contributed by atoms with van der Waals surface area (Å²) in [5.41, 5.74) is 7.65. The summed E-state index contributed by atoms with van der Waals surface area (Å²) in [5.74, 6) is 2.01. The monoisotopic (exact) mass is 496 g/mol. The van der Waals surface area contributed by atoms with Gasteiger partial charge in [0.2, 0.25) is 0 Å². The molecule has 1 atom stereocenters. The van der Waals surface area contributed by atoms with Crippen LogP contribution in [0.5, 0.6) is 0 Å². The molecule has 0 bridgehead atoms. The second-order valence-electron chi connectivity index (χ2n) is 11.6. The average Bonchev–Trinajstić information content (AvgIpc) is 3.53. The molecule has 0 N–H and O–H groups in total. The zero-order chi connectivity index (χ0) is 26.6. The molecule has 5 nitrogen and oxygen atoms in total. The van der Waals surface area contributed by atoms with Crippen molar-refractivity contribution >= 4 is 17.3 Å². The molecule has 3 heterocycles. The van der Waals surface area contributed by atoms with E-state index in [9.17, 15) is 0 Å². The second kappa shape index (κ2) is 9.13. The predicted octanol–water partition coefficient (Wildman–Crippen LogP) is 7.13. The minimum absolute atomic E-state index is 0.107. The Morgan fingerprint density at radius 2 is 1.43 bits per heavy atom. The van der Waals surface area contributed by atoms with E-state index in [4.69, 9.17) is 0 Å². The van der Waals surface area contributed by atoms with E-state index < -0.39 is 0 Å². The molecule has 0 radical (unpaired) electrons. The van der Waals surface area contributed by atoms with E-state index in [1.807, 2.05) is 0 Å². The summed E-state index contributed by atoms with van der Waals surface area (Å²) in [7, 11) is 4.31. The molecule has 0 aliphatic carbocycles. The molecule has 194 valence electrons. The van der Waals surface area contributed by atoms with Crippen molar-refractivity contribution in [1.29, 1.82) is 0 Å². The lowest BCUT2D eigenvalue weighted by atomic mass is 9.92. The van der Waals surface area contributed by atoms with Crippen LogP contribution in [0.2, 0.25) is 0 Å². The molecule has 2 aromatic carbocycles. The van der Waals surface area contributed by atoms with Gasteiger partial charge in [-0.3, -0.25) is 0 Å². The van der Waals surface area contributed by atoms with E-state index in [1.54, 1.807) is 0 Å². The smallest absolute Gasteiger partial charge is 0.352 e. The minimum Gasteiger partial charge on any atom is -0.352 e. The number of imidazole rings is 1. The maximum Gasteiger partial charge on any atom is 0.371 e. The van der Waals surface area contributed by atoms with Crippen molar-refractivity contribution in [2.75, 3.05) is 9.80 Å². The van der Waals surface area contributed by atoms with Crippen LogP contribution in [0.3, 0.4) is 0 Å². The normalized spacial score (nSPS) is 15.8. The average molecular weight is 497 g/mol. The number of aryl methyl sites for hydroxylation is 2. The van der Waals surface area contributed by atoms with Gasteiger partial charge in [0.1, 0.15) is 17.6 Å². The van der Waals surface area contributed by atoms with Crippen LogP contribution in [-0.4, -0.2) is 15.3 Å². The third kappa shape index (κ3) is 3.87. The molecule has 0 saturated heterocycles. The van der Waals surface area contributed by atoms with Crippen LogP contribution in [0.4, 0.5) is 17.3 Å². The summed E-state index contributed by atoms with van der Waals surface area (Å²) in [5, 5.41) is 0. The molecule has 1 aliphatic rings. The fraction of sp³-hybridized carbons (Fsp3) is 0.406. The molecule has 0 amide bonds. The highest BCUT2D eigenvalue weighted by molar-refractivity contribution is 5.82. The number of hydrogen-bond acceptors (Lipinski definition) is 2. The number of aromatic nitrogens is 3. The molecule has 5 heteroatoms. The lowest BCUT2D eigenvalue weighted by Crippen LogP contribution is -2.52. The summed E-state index contributed by atoms with van der Waals surface area (Å²) in [6.07, 6.45) is 6.68. The second-order valence-corrected chi connectivity index (χ2v) is 11.6. The van der Waals surface area contributed by atoms with Crippen molar-refractivity contribution in [3.8, 4) is 5.69 Å². The Labute approximate surface area is 222 Å². The number of rotatable bonds is 6. The standard InChI is InChI=1S/C32H42N5/c1-22(2)25-14-12-15-26(23(3)4)30(25)35-21-20-34(9)31(35)36-24(5)37(28-17-11-10-16-27(28)36)32(6,7)29-18-13-19-33(29)8/h10-24H,1-9H3/q+1/t24-/m1/s1. The summed E-state index contributed by atoms with van der Waals surface area (Å²) >= 11 is 0. The first-order valence-electron chi connectivity index (χ1n) is 13.5. The summed E-state index contributed by atoms with van der Waals surface area (Å²) in [6.45, 7) is 16.2. The van der Waals surface area contributed by atoms with Crippen LogP contribution in [0, 0.1) is 0 Å². The van der Waals surface area contributed by atoms with Crippen LogP contribution in [-0.2, 0) is 19.6 Å². The largest absolute Gasteiger partial charge is 0.371 e. The lowest BCUT2D eigenvalue weighted by Gasteiger charge is -2.40. The van der Waals surface area contributed by atoms with E-state index in [0.717, 1.165) is 0 Å². The Bertz CT molecular complexity index is 1390. The molecule has 2 aromatic heterocycles. The van der Waals surface area contributed by atoms with Crippen molar-refractivity contribution in [3.05, 3.63) is 90.0 Å². The number of hydrogen-bond donors (Lipinski definition) is 0. The molecule has 37 heavy (non-hydrogen) atoms. The third-order valence-corrected chi connectivity index (χ3v) is 8.09. The quantitative estimate of drug-likeness (QED) is 0.265. The van der Waals surface area contributed by atoms with E-state index >= 15 is 0 Å². The Morgan fingerprint density at radius 3 is 2.00 bits per heavy atom. The van der Waals surface area contributed by atoms with Crippen LogP contribution in [0.15, 0.2) is 73.2 Å². The number of anilines is 3. The number of nitrogens with zero attached hydrogens (tertiary/aromatic N) is 5. The number of benzene rings is 2. The minimum atomic E-state index is -0.211. The van der Waals surface area contributed by atoms with Gasteiger partial charge in [0.05, 0.1) is 24.5 Å². The fourth-order valence-electron chi connectivity index (χ4n) is 6.37. The zero-order valence-electron chi connectivity index (χ0n) is 23.9. The highest BCUT2D eigenvalue weighted by Gasteiger charge is 2.48. The topological polar surface area (TPSA) is 20.2 Å². The summed E-state index contributed by atoms with van der Waals surface area (Å²) < 4.78 is 6.94. The number of para-hydroxylation sites is 3. The van der Waals surface area contributed by atoms with E-state index in [-0.39, 0.29) is 11.7 Å². The van der Waals surface area contributed by atoms with Gasteiger partial charge < -0.3 is 9.47 Å². The van der Waals surface area contributed by atoms with E-state index in [2.05, 4.69) is 159 Å². The van der Waals surface area contributed by atoms with Gasteiger partial charge in [-0.15, -0.1) is 0 Å². The number of fused-ring (bicyclic) bond motifs is 1. The predicted molar refractivity (Wildman–Crippen MR) is 154 cm³/mol. The van der Waals surface area contributed by atoms with Gasteiger partial charge in [-0.2, -0.15) is 0 Å². The van der Waals surface area contributed by atoms with Crippen molar-refractivity contribution in [2.45, 2.75) is 72.0 Å². The van der Waals surface area contributed by atoms with Gasteiger partial charge in [-0.05, 0) is 68.0 Å². The highest BCUT2D eigenvalue weighted by Crippen LogP contribution is 2.49. The molecule has 4 aromatic rings. The highest BCUT2D eigenvalue weighted by atomic mass is 15.5. The van der Waals surface area contributed by atoms with Crippen LogP contribution >= 0.6 is 0 Å². The third-order valence-electron chi connectivity index (χ3n) is 8.09. The van der Waals surface area contributed by atoms with Gasteiger partial charge in [-0.1, -0.05) is 58.0 Å². The molecule has 0 spiro atoms. The Balaban J connectivity index is 1.73. The van der Waals surface area contributed by atoms with Crippen molar-refractivity contribution in [2.24, 2.45) is 14.1 Å². The first kappa shape index (κ1) is 25.2. The van der Waals surface area contributed by atoms with Crippen molar-refractivity contribution in [1.82, 2.24) is 9.13 Å². The molecule has 5 rings (SSSR count). The molecule has 0 fully saturated rings. The van der Waals surface area contributed by atoms with E-state index in [0.29, 0.717) is 11.8 Å². The maximum absolute atomic E-state index is 2.58. The SMILES string of the molecule is CC(C)c1cccc(C(C)C)c1-n1cc[n+](C)c1N1c2ccccc2N(C(C)(C)c2cccn2C)[C@@H]1C. The van der Waals surface area contributed by atoms with Gasteiger partial charge in [0.25, 0.3) is 0 Å². The van der Waals surface area contributed by atoms with E-state index in [1.165, 1.54) is 39.8 Å². The summed E-state index contributed by atoms with van der Waals surface area (Å²) in [6, 6.07) is 20.0.